The first-order valence-electron chi connectivity index (χ1n) is 8.23. The number of rotatable bonds is 3. The summed E-state index contributed by atoms with van der Waals surface area (Å²) in [5.74, 6) is 0.0607. The Morgan fingerprint density at radius 3 is 2.27 bits per heavy atom. The lowest BCUT2D eigenvalue weighted by atomic mass is 9.88. The maximum absolute atomic E-state index is 12.4. The first-order valence-corrected chi connectivity index (χ1v) is 8.23. The predicted molar refractivity (Wildman–Crippen MR) is 83.4 cm³/mol. The van der Waals surface area contributed by atoms with Crippen molar-refractivity contribution in [1.82, 2.24) is 4.90 Å². The van der Waals surface area contributed by atoms with Crippen LogP contribution < -0.4 is 0 Å². The molecule has 0 spiro atoms. The van der Waals surface area contributed by atoms with Crippen molar-refractivity contribution in [1.29, 1.82) is 0 Å². The molecular formula is C18H23NO3. The number of carbonyl (C=O) groups is 2. The number of aliphatic hydroxyl groups excluding tert-OH is 1. The molecule has 1 aromatic carbocycles. The zero-order valence-corrected chi connectivity index (χ0v) is 12.8. The largest absolute Gasteiger partial charge is 0.392 e. The van der Waals surface area contributed by atoms with Crippen LogP contribution >= 0.6 is 0 Å². The van der Waals surface area contributed by atoms with Crippen molar-refractivity contribution >= 4 is 11.7 Å². The summed E-state index contributed by atoms with van der Waals surface area (Å²) in [7, 11) is 0. The second kappa shape index (κ2) is 6.61. The molecule has 4 nitrogen and oxygen atoms in total. The van der Waals surface area contributed by atoms with Crippen LogP contribution in [0, 0.1) is 11.8 Å². The van der Waals surface area contributed by atoms with Gasteiger partial charge in [-0.15, -0.1) is 0 Å². The maximum Gasteiger partial charge on any atom is 0.228 e. The van der Waals surface area contributed by atoms with E-state index in [1.54, 1.807) is 0 Å². The molecule has 4 heteroatoms. The van der Waals surface area contributed by atoms with Crippen molar-refractivity contribution < 1.29 is 14.7 Å². The van der Waals surface area contributed by atoms with Crippen molar-refractivity contribution in [2.75, 3.05) is 13.1 Å². The number of likely N-dealkylation sites (tertiary alicyclic amines) is 1. The Morgan fingerprint density at radius 1 is 1.00 bits per heavy atom. The van der Waals surface area contributed by atoms with E-state index in [2.05, 4.69) is 0 Å². The average Bonchev–Trinajstić information content (AvgIpc) is 3.00. The van der Waals surface area contributed by atoms with Crippen molar-refractivity contribution in [3.63, 3.8) is 0 Å². The summed E-state index contributed by atoms with van der Waals surface area (Å²) in [6.07, 6.45) is 3.43. The fourth-order valence-corrected chi connectivity index (χ4v) is 3.66. The third kappa shape index (κ3) is 3.07. The van der Waals surface area contributed by atoms with Gasteiger partial charge in [-0.05, 0) is 32.1 Å². The number of hydrogen-bond acceptors (Lipinski definition) is 3. The first-order chi connectivity index (χ1) is 10.7. The van der Waals surface area contributed by atoms with Gasteiger partial charge in [0.15, 0.2) is 5.78 Å². The Bertz CT molecular complexity index is 535. The predicted octanol–water partition coefficient (Wildman–Crippen LogP) is 2.27. The molecule has 0 aromatic heterocycles. The molecule has 1 amide bonds. The van der Waals surface area contributed by atoms with Crippen LogP contribution in [0.15, 0.2) is 30.3 Å². The van der Waals surface area contributed by atoms with E-state index >= 15 is 0 Å². The van der Waals surface area contributed by atoms with Crippen LogP contribution in [0.5, 0.6) is 0 Å². The van der Waals surface area contributed by atoms with E-state index in [1.807, 2.05) is 35.2 Å². The van der Waals surface area contributed by atoms with Crippen LogP contribution in [-0.4, -0.2) is 40.9 Å². The standard InChI is InChI=1S/C18H23NO3/c20-16-8-4-7-15(16)18(22)19-11-9-14(10-12-19)17(21)13-5-2-1-3-6-13/h1-3,5-6,14-16,20H,4,7-12H2. The minimum atomic E-state index is -0.476. The van der Waals surface area contributed by atoms with Crippen molar-refractivity contribution in [2.24, 2.45) is 11.8 Å². The Morgan fingerprint density at radius 2 is 1.68 bits per heavy atom. The summed E-state index contributed by atoms with van der Waals surface area (Å²) in [5, 5.41) is 9.88. The Labute approximate surface area is 131 Å². The Balaban J connectivity index is 1.56. The van der Waals surface area contributed by atoms with Crippen LogP contribution in [0.1, 0.15) is 42.5 Å². The van der Waals surface area contributed by atoms with Gasteiger partial charge in [-0.3, -0.25) is 9.59 Å². The molecule has 1 saturated heterocycles. The van der Waals surface area contributed by atoms with Gasteiger partial charge < -0.3 is 10.0 Å². The molecule has 118 valence electrons. The number of Topliss-reactive ketones (excluding diaryl/α,β-unsaturated/α-hetero) is 1. The van der Waals surface area contributed by atoms with Gasteiger partial charge in [0, 0.05) is 24.6 Å². The van der Waals surface area contributed by atoms with Gasteiger partial charge in [0.2, 0.25) is 5.91 Å². The van der Waals surface area contributed by atoms with Crippen LogP contribution in [-0.2, 0) is 4.79 Å². The second-order valence-electron chi connectivity index (χ2n) is 6.43. The van der Waals surface area contributed by atoms with Gasteiger partial charge in [-0.25, -0.2) is 0 Å². The highest BCUT2D eigenvalue weighted by Crippen LogP contribution is 2.29. The fourth-order valence-electron chi connectivity index (χ4n) is 3.66. The van der Waals surface area contributed by atoms with E-state index in [0.29, 0.717) is 13.1 Å². The third-order valence-electron chi connectivity index (χ3n) is 5.03. The SMILES string of the molecule is O=C(c1ccccc1)C1CCN(C(=O)C2CCCC2O)CC1. The van der Waals surface area contributed by atoms with Crippen molar-refractivity contribution in [3.8, 4) is 0 Å². The second-order valence-corrected chi connectivity index (χ2v) is 6.43. The first kappa shape index (κ1) is 15.2. The molecule has 1 aliphatic carbocycles. The number of hydrogen-bond donors (Lipinski definition) is 1. The summed E-state index contributed by atoms with van der Waals surface area (Å²) in [6, 6.07) is 9.38. The minimum Gasteiger partial charge on any atom is -0.392 e. The molecule has 2 atom stereocenters. The van der Waals surface area contributed by atoms with Gasteiger partial charge >= 0.3 is 0 Å². The average molecular weight is 301 g/mol. The highest BCUT2D eigenvalue weighted by Gasteiger charge is 2.36. The Kier molecular flexibility index (Phi) is 4.57. The molecule has 2 unspecified atom stereocenters. The summed E-state index contributed by atoms with van der Waals surface area (Å²) in [6.45, 7) is 1.26. The van der Waals surface area contributed by atoms with E-state index in [1.165, 1.54) is 0 Å². The quantitative estimate of drug-likeness (QED) is 0.871. The lowest BCUT2D eigenvalue weighted by Crippen LogP contribution is -2.44. The number of amides is 1. The molecule has 22 heavy (non-hydrogen) atoms. The van der Waals surface area contributed by atoms with Crippen molar-refractivity contribution in [2.45, 2.75) is 38.2 Å². The molecule has 3 rings (SSSR count). The molecule has 1 saturated carbocycles. The zero-order chi connectivity index (χ0) is 15.5. The molecule has 0 radical (unpaired) electrons. The van der Waals surface area contributed by atoms with E-state index in [4.69, 9.17) is 0 Å². The van der Waals surface area contributed by atoms with Gasteiger partial charge in [0.25, 0.3) is 0 Å². The minimum absolute atomic E-state index is 0.0138. The van der Waals surface area contributed by atoms with E-state index in [-0.39, 0.29) is 23.5 Å². The van der Waals surface area contributed by atoms with Gasteiger partial charge in [-0.2, -0.15) is 0 Å². The van der Waals surface area contributed by atoms with Crippen LogP contribution in [0.25, 0.3) is 0 Å². The maximum atomic E-state index is 12.4. The van der Waals surface area contributed by atoms with Crippen LogP contribution in [0.2, 0.25) is 0 Å². The lowest BCUT2D eigenvalue weighted by molar-refractivity contribution is -0.139. The molecule has 1 heterocycles. The summed E-state index contributed by atoms with van der Waals surface area (Å²) in [4.78, 5) is 26.7. The van der Waals surface area contributed by atoms with Crippen LogP contribution in [0.4, 0.5) is 0 Å². The Hall–Kier alpha value is -1.68. The summed E-state index contributed by atoms with van der Waals surface area (Å²) in [5.41, 5.74) is 0.762. The van der Waals surface area contributed by atoms with Crippen molar-refractivity contribution in [3.05, 3.63) is 35.9 Å². The highest BCUT2D eigenvalue weighted by molar-refractivity contribution is 5.98. The summed E-state index contributed by atoms with van der Waals surface area (Å²) < 4.78 is 0. The molecule has 1 aliphatic heterocycles. The third-order valence-corrected chi connectivity index (χ3v) is 5.03. The van der Waals surface area contributed by atoms with Gasteiger partial charge in [0.1, 0.15) is 0 Å². The van der Waals surface area contributed by atoms with Gasteiger partial charge in [-0.1, -0.05) is 30.3 Å². The molecule has 2 fully saturated rings. The monoisotopic (exact) mass is 301 g/mol. The number of benzene rings is 1. The number of nitrogens with zero attached hydrogens (tertiary/aromatic N) is 1. The van der Waals surface area contributed by atoms with E-state index in [0.717, 1.165) is 37.7 Å². The number of carbonyl (C=O) groups excluding carboxylic acids is 2. The highest BCUT2D eigenvalue weighted by atomic mass is 16.3. The van der Waals surface area contributed by atoms with E-state index in [9.17, 15) is 14.7 Å². The smallest absolute Gasteiger partial charge is 0.228 e. The lowest BCUT2D eigenvalue weighted by Gasteiger charge is -2.33. The van der Waals surface area contributed by atoms with Crippen LogP contribution in [0.3, 0.4) is 0 Å². The molecular weight excluding hydrogens is 278 g/mol. The number of aliphatic hydroxyl groups is 1. The fraction of sp³-hybridized carbons (Fsp3) is 0.556. The molecule has 1 aromatic rings. The molecule has 0 bridgehead atoms. The van der Waals surface area contributed by atoms with E-state index < -0.39 is 6.10 Å². The number of piperidine rings is 1. The molecule has 1 N–H and O–H groups in total. The van der Waals surface area contributed by atoms with Gasteiger partial charge in [0.05, 0.1) is 12.0 Å². The topological polar surface area (TPSA) is 57.6 Å². The number of ketones is 1. The summed E-state index contributed by atoms with van der Waals surface area (Å²) >= 11 is 0. The molecule has 2 aliphatic rings. The normalized spacial score (nSPS) is 26.1. The zero-order valence-electron chi connectivity index (χ0n) is 12.8.